The Hall–Kier alpha value is -2.14. The summed E-state index contributed by atoms with van der Waals surface area (Å²) in [6.07, 6.45) is 2.40. The summed E-state index contributed by atoms with van der Waals surface area (Å²) in [5.41, 5.74) is 3.79. The van der Waals surface area contributed by atoms with E-state index in [0.717, 1.165) is 42.9 Å². The number of benzene rings is 1. The van der Waals surface area contributed by atoms with Crippen LogP contribution in [0.4, 0.5) is 5.69 Å². The lowest BCUT2D eigenvalue weighted by Crippen LogP contribution is -2.46. The first kappa shape index (κ1) is 16.3. The fourth-order valence-electron chi connectivity index (χ4n) is 4.03. The highest BCUT2D eigenvalue weighted by atomic mass is 32.1. The van der Waals surface area contributed by atoms with Crippen LogP contribution in [0.3, 0.4) is 0 Å². The summed E-state index contributed by atoms with van der Waals surface area (Å²) >= 11 is 1.43. The van der Waals surface area contributed by atoms with Gasteiger partial charge in [0.2, 0.25) is 5.91 Å². The van der Waals surface area contributed by atoms with Gasteiger partial charge < -0.3 is 10.2 Å². The zero-order valence-corrected chi connectivity index (χ0v) is 15.2. The van der Waals surface area contributed by atoms with Crippen LogP contribution in [0, 0.1) is 0 Å². The quantitative estimate of drug-likeness (QED) is 0.859. The number of ketones is 1. The molecular weight excluding hydrogens is 332 g/mol. The van der Waals surface area contributed by atoms with E-state index in [9.17, 15) is 9.59 Å². The molecule has 130 valence electrons. The lowest BCUT2D eigenvalue weighted by Gasteiger charge is -2.39. The second-order valence-electron chi connectivity index (χ2n) is 7.11. The number of fused-ring (bicyclic) bond motifs is 2. The van der Waals surface area contributed by atoms with Gasteiger partial charge in [-0.25, -0.2) is 0 Å². The van der Waals surface area contributed by atoms with E-state index in [2.05, 4.69) is 29.6 Å². The number of hydrogen-bond donors (Lipinski definition) is 1. The molecule has 2 aliphatic heterocycles. The highest BCUT2D eigenvalue weighted by molar-refractivity contribution is 7.12. The van der Waals surface area contributed by atoms with Crippen molar-refractivity contribution in [2.75, 3.05) is 25.0 Å². The van der Waals surface area contributed by atoms with Gasteiger partial charge in [-0.2, -0.15) is 0 Å². The lowest BCUT2D eigenvalue weighted by atomic mass is 9.74. The van der Waals surface area contributed by atoms with Crippen LogP contribution in [0.25, 0.3) is 0 Å². The van der Waals surface area contributed by atoms with Crippen LogP contribution >= 0.6 is 11.3 Å². The zero-order valence-electron chi connectivity index (χ0n) is 14.4. The van der Waals surface area contributed by atoms with Gasteiger partial charge in [0, 0.05) is 30.7 Å². The van der Waals surface area contributed by atoms with Gasteiger partial charge in [0.05, 0.1) is 11.3 Å². The Labute approximate surface area is 151 Å². The Kier molecular flexibility index (Phi) is 4.12. The van der Waals surface area contributed by atoms with Crippen molar-refractivity contribution in [1.82, 2.24) is 4.90 Å². The highest BCUT2D eigenvalue weighted by Crippen LogP contribution is 2.43. The highest BCUT2D eigenvalue weighted by Gasteiger charge is 2.41. The topological polar surface area (TPSA) is 49.4 Å². The van der Waals surface area contributed by atoms with Crippen molar-refractivity contribution in [1.29, 1.82) is 0 Å². The minimum atomic E-state index is 0.0658. The summed E-state index contributed by atoms with van der Waals surface area (Å²) in [5, 5.41) is 5.45. The van der Waals surface area contributed by atoms with Gasteiger partial charge in [-0.1, -0.05) is 18.2 Å². The van der Waals surface area contributed by atoms with Gasteiger partial charge in [-0.15, -0.1) is 11.3 Å². The molecule has 0 saturated carbocycles. The van der Waals surface area contributed by atoms with E-state index >= 15 is 0 Å². The zero-order chi connectivity index (χ0) is 17.4. The SMILES string of the molecule is CC(=O)c1cc(CC(=O)N2CCC3(CC2)CNc2ccccc23)cs1. The molecule has 1 aromatic carbocycles. The maximum atomic E-state index is 12.6. The van der Waals surface area contributed by atoms with Crippen LogP contribution in [0.5, 0.6) is 0 Å². The second-order valence-corrected chi connectivity index (χ2v) is 8.02. The summed E-state index contributed by atoms with van der Waals surface area (Å²) in [5.74, 6) is 0.234. The first-order chi connectivity index (χ1) is 12.1. The molecule has 1 amide bonds. The van der Waals surface area contributed by atoms with E-state index in [4.69, 9.17) is 0 Å². The Bertz CT molecular complexity index is 819. The Morgan fingerprint density at radius 3 is 2.72 bits per heavy atom. The van der Waals surface area contributed by atoms with Crippen LogP contribution in [0.15, 0.2) is 35.7 Å². The first-order valence-electron chi connectivity index (χ1n) is 8.77. The standard InChI is InChI=1S/C20H22N2O2S/c1-14(23)18-10-15(12-25-18)11-19(24)22-8-6-20(7-9-22)13-21-17-5-3-2-4-16(17)20/h2-5,10,12,21H,6-9,11,13H2,1H3. The molecule has 1 saturated heterocycles. The lowest BCUT2D eigenvalue weighted by molar-refractivity contribution is -0.132. The molecule has 4 rings (SSSR count). The molecule has 0 unspecified atom stereocenters. The predicted molar refractivity (Wildman–Crippen MR) is 100 cm³/mol. The van der Waals surface area contributed by atoms with E-state index in [-0.39, 0.29) is 17.1 Å². The number of carbonyl (C=O) groups is 2. The number of para-hydroxylation sites is 1. The Morgan fingerprint density at radius 2 is 2.00 bits per heavy atom. The molecule has 25 heavy (non-hydrogen) atoms. The average Bonchev–Trinajstić information content (AvgIpc) is 3.22. The number of amides is 1. The summed E-state index contributed by atoms with van der Waals surface area (Å²) in [7, 11) is 0. The monoisotopic (exact) mass is 354 g/mol. The minimum absolute atomic E-state index is 0.0658. The molecule has 1 aromatic heterocycles. The summed E-state index contributed by atoms with van der Waals surface area (Å²) < 4.78 is 0. The fourth-order valence-corrected chi connectivity index (χ4v) is 4.84. The number of rotatable bonds is 3. The van der Waals surface area contributed by atoms with Crippen molar-refractivity contribution < 1.29 is 9.59 Å². The van der Waals surface area contributed by atoms with Gasteiger partial charge in [0.1, 0.15) is 0 Å². The van der Waals surface area contributed by atoms with Gasteiger partial charge >= 0.3 is 0 Å². The van der Waals surface area contributed by atoms with Gasteiger partial charge in [0.25, 0.3) is 0 Å². The van der Waals surface area contributed by atoms with Gasteiger partial charge in [-0.05, 0) is 48.4 Å². The smallest absolute Gasteiger partial charge is 0.227 e. The number of likely N-dealkylation sites (tertiary alicyclic amines) is 1. The van der Waals surface area contributed by atoms with E-state index < -0.39 is 0 Å². The van der Waals surface area contributed by atoms with Crippen LogP contribution in [-0.2, 0) is 16.6 Å². The van der Waals surface area contributed by atoms with Crippen molar-refractivity contribution in [3.63, 3.8) is 0 Å². The van der Waals surface area contributed by atoms with Gasteiger partial charge in [0.15, 0.2) is 5.78 Å². The number of piperidine rings is 1. The maximum Gasteiger partial charge on any atom is 0.227 e. The van der Waals surface area contributed by atoms with Crippen LogP contribution < -0.4 is 5.32 Å². The van der Waals surface area contributed by atoms with Crippen LogP contribution in [0.2, 0.25) is 0 Å². The predicted octanol–water partition coefficient (Wildman–Crippen LogP) is 3.48. The van der Waals surface area contributed by atoms with E-state index in [1.54, 1.807) is 6.92 Å². The molecule has 0 radical (unpaired) electrons. The van der Waals surface area contributed by atoms with Crippen molar-refractivity contribution in [2.24, 2.45) is 0 Å². The number of thiophene rings is 1. The molecule has 0 atom stereocenters. The third kappa shape index (κ3) is 2.97. The molecule has 0 aliphatic carbocycles. The maximum absolute atomic E-state index is 12.6. The number of hydrogen-bond acceptors (Lipinski definition) is 4. The normalized spacial score (nSPS) is 18.0. The Morgan fingerprint density at radius 1 is 1.24 bits per heavy atom. The molecular formula is C20H22N2O2S. The molecule has 3 heterocycles. The number of carbonyl (C=O) groups excluding carboxylic acids is 2. The molecule has 1 spiro atoms. The number of nitrogens with zero attached hydrogens (tertiary/aromatic N) is 1. The number of anilines is 1. The van der Waals surface area contributed by atoms with Crippen molar-refractivity contribution in [3.05, 3.63) is 51.7 Å². The third-order valence-electron chi connectivity index (χ3n) is 5.54. The number of Topliss-reactive ketones (excluding diaryl/α,β-unsaturated/α-hetero) is 1. The molecule has 2 aromatic rings. The molecule has 0 bridgehead atoms. The van der Waals surface area contributed by atoms with E-state index in [1.165, 1.54) is 22.6 Å². The molecule has 2 aliphatic rings. The largest absolute Gasteiger partial charge is 0.384 e. The van der Waals surface area contributed by atoms with E-state index in [0.29, 0.717) is 6.42 Å². The van der Waals surface area contributed by atoms with Crippen molar-refractivity contribution in [3.8, 4) is 0 Å². The number of nitrogens with one attached hydrogen (secondary N) is 1. The molecule has 5 heteroatoms. The fraction of sp³-hybridized carbons (Fsp3) is 0.400. The van der Waals surface area contributed by atoms with Gasteiger partial charge in [-0.3, -0.25) is 9.59 Å². The van der Waals surface area contributed by atoms with Crippen molar-refractivity contribution in [2.45, 2.75) is 31.6 Å². The molecule has 1 N–H and O–H groups in total. The summed E-state index contributed by atoms with van der Waals surface area (Å²) in [6.45, 7) is 4.15. The Balaban J connectivity index is 1.40. The summed E-state index contributed by atoms with van der Waals surface area (Å²) in [6, 6.07) is 10.4. The summed E-state index contributed by atoms with van der Waals surface area (Å²) in [4.78, 5) is 26.7. The van der Waals surface area contributed by atoms with Crippen LogP contribution in [-0.4, -0.2) is 36.2 Å². The van der Waals surface area contributed by atoms with Crippen LogP contribution in [0.1, 0.15) is 40.6 Å². The minimum Gasteiger partial charge on any atom is -0.384 e. The third-order valence-corrected chi connectivity index (χ3v) is 6.62. The molecule has 4 nitrogen and oxygen atoms in total. The van der Waals surface area contributed by atoms with E-state index in [1.807, 2.05) is 16.3 Å². The van der Waals surface area contributed by atoms with Crippen molar-refractivity contribution >= 4 is 28.7 Å². The second kappa shape index (κ2) is 6.30. The molecule has 1 fully saturated rings. The first-order valence-corrected chi connectivity index (χ1v) is 9.65. The average molecular weight is 354 g/mol.